The van der Waals surface area contributed by atoms with Crippen LogP contribution in [0.3, 0.4) is 0 Å². The van der Waals surface area contributed by atoms with Crippen molar-refractivity contribution in [2.24, 2.45) is 4.99 Å². The van der Waals surface area contributed by atoms with Gasteiger partial charge in [0.15, 0.2) is 0 Å². The molecule has 5 nitrogen and oxygen atoms in total. The minimum Gasteiger partial charge on any atom is -0.374 e. The number of aliphatic imine (C=N–C) groups is 1. The Bertz CT molecular complexity index is 239. The third-order valence-corrected chi connectivity index (χ3v) is 5.67. The Balaban J connectivity index is 4.58. The van der Waals surface area contributed by atoms with E-state index in [1.54, 1.807) is 6.08 Å². The summed E-state index contributed by atoms with van der Waals surface area (Å²) in [4.78, 5) is 14.1. The fourth-order valence-corrected chi connectivity index (χ4v) is 4.47. The summed E-state index contributed by atoms with van der Waals surface area (Å²) in [5.41, 5.74) is 0. The van der Waals surface area contributed by atoms with Gasteiger partial charge < -0.3 is 13.3 Å². The maximum absolute atomic E-state index is 10.3. The molecule has 0 N–H and O–H groups in total. The van der Waals surface area contributed by atoms with Crippen LogP contribution in [0.1, 0.15) is 40.5 Å². The highest BCUT2D eigenvalue weighted by atomic mass is 28.4. The lowest BCUT2D eigenvalue weighted by Gasteiger charge is -2.29. The molecule has 0 fully saturated rings. The van der Waals surface area contributed by atoms with Crippen LogP contribution in [-0.2, 0) is 18.1 Å². The molecule has 0 aliphatic rings. The van der Waals surface area contributed by atoms with Gasteiger partial charge in [-0.3, -0.25) is 0 Å². The third kappa shape index (κ3) is 6.42. The van der Waals surface area contributed by atoms with Crippen LogP contribution in [-0.4, -0.2) is 40.7 Å². The summed E-state index contributed by atoms with van der Waals surface area (Å²) < 4.78 is 17.2. The van der Waals surface area contributed by atoms with Crippen molar-refractivity contribution in [1.29, 1.82) is 0 Å². The molecule has 0 radical (unpaired) electrons. The maximum Gasteiger partial charge on any atom is 0.501 e. The van der Waals surface area contributed by atoms with Crippen molar-refractivity contribution in [3.05, 3.63) is 0 Å². The van der Waals surface area contributed by atoms with Gasteiger partial charge in [-0.1, -0.05) is 6.92 Å². The molecule has 0 aromatic carbocycles. The lowest BCUT2D eigenvalue weighted by molar-refractivity contribution is 0.0703. The van der Waals surface area contributed by atoms with E-state index >= 15 is 0 Å². The Morgan fingerprint density at radius 1 is 1.06 bits per heavy atom. The Labute approximate surface area is 111 Å². The topological polar surface area (TPSA) is 57.1 Å². The molecule has 0 saturated heterocycles. The van der Waals surface area contributed by atoms with Gasteiger partial charge in [-0.25, -0.2) is 9.79 Å². The van der Waals surface area contributed by atoms with Crippen LogP contribution in [0, 0.1) is 0 Å². The standard InChI is InChI=1S/C12H25NO4Si/c1-5-12(13-11-14)9-10-18(15-6-2,16-7-3)17-8-4/h12H,5-10H2,1-4H3. The zero-order valence-electron chi connectivity index (χ0n) is 11.9. The first kappa shape index (κ1) is 17.5. The SMILES string of the molecule is CCO[Si](CCC(CC)N=C=O)(OCC)OCC. The second-order valence-corrected chi connectivity index (χ2v) is 6.54. The number of carbonyl (C=O) groups excluding carboxylic acids is 1. The van der Waals surface area contributed by atoms with Gasteiger partial charge in [-0.2, -0.15) is 0 Å². The van der Waals surface area contributed by atoms with Crippen molar-refractivity contribution in [2.75, 3.05) is 19.8 Å². The molecule has 0 aromatic rings. The minimum atomic E-state index is -2.59. The van der Waals surface area contributed by atoms with E-state index in [4.69, 9.17) is 13.3 Å². The van der Waals surface area contributed by atoms with Crippen molar-refractivity contribution >= 4 is 14.9 Å². The highest BCUT2D eigenvalue weighted by Crippen LogP contribution is 2.21. The summed E-state index contributed by atoms with van der Waals surface area (Å²) >= 11 is 0. The van der Waals surface area contributed by atoms with Crippen molar-refractivity contribution in [3.63, 3.8) is 0 Å². The minimum absolute atomic E-state index is 0.0178. The predicted molar refractivity (Wildman–Crippen MR) is 72.3 cm³/mol. The predicted octanol–water partition coefficient (Wildman–Crippen LogP) is 2.54. The van der Waals surface area contributed by atoms with Gasteiger partial charge in [0.2, 0.25) is 6.08 Å². The van der Waals surface area contributed by atoms with Crippen molar-refractivity contribution in [2.45, 2.75) is 52.6 Å². The number of hydrogen-bond acceptors (Lipinski definition) is 5. The summed E-state index contributed by atoms with van der Waals surface area (Å²) in [7, 11) is -2.59. The molecule has 0 spiro atoms. The fraction of sp³-hybridized carbons (Fsp3) is 0.917. The van der Waals surface area contributed by atoms with Crippen LogP contribution >= 0.6 is 0 Å². The number of hydrogen-bond donors (Lipinski definition) is 0. The largest absolute Gasteiger partial charge is 0.501 e. The van der Waals surface area contributed by atoms with Gasteiger partial charge in [0.05, 0.1) is 6.04 Å². The highest BCUT2D eigenvalue weighted by Gasteiger charge is 2.40. The van der Waals surface area contributed by atoms with Crippen LogP contribution in [0.25, 0.3) is 0 Å². The molecule has 1 atom stereocenters. The van der Waals surface area contributed by atoms with E-state index in [-0.39, 0.29) is 6.04 Å². The van der Waals surface area contributed by atoms with Gasteiger partial charge in [-0.15, -0.1) is 0 Å². The number of isocyanates is 1. The quantitative estimate of drug-likeness (QED) is 0.330. The second kappa shape index (κ2) is 10.4. The van der Waals surface area contributed by atoms with Gasteiger partial charge in [0, 0.05) is 25.9 Å². The van der Waals surface area contributed by atoms with Crippen LogP contribution in [0.2, 0.25) is 6.04 Å². The van der Waals surface area contributed by atoms with Gasteiger partial charge >= 0.3 is 8.80 Å². The molecule has 0 heterocycles. The van der Waals surface area contributed by atoms with Crippen molar-refractivity contribution in [3.8, 4) is 0 Å². The Kier molecular flexibility index (Phi) is 10.1. The fourth-order valence-electron chi connectivity index (χ4n) is 1.78. The lowest BCUT2D eigenvalue weighted by Crippen LogP contribution is -2.46. The molecule has 18 heavy (non-hydrogen) atoms. The van der Waals surface area contributed by atoms with Gasteiger partial charge in [0.25, 0.3) is 0 Å². The molecule has 0 aliphatic heterocycles. The van der Waals surface area contributed by atoms with E-state index in [0.29, 0.717) is 25.9 Å². The van der Waals surface area contributed by atoms with E-state index in [1.165, 1.54) is 0 Å². The molecular formula is C12H25NO4Si. The molecule has 6 heteroatoms. The van der Waals surface area contributed by atoms with Crippen LogP contribution in [0.4, 0.5) is 0 Å². The summed E-state index contributed by atoms with van der Waals surface area (Å²) in [6.45, 7) is 9.50. The Morgan fingerprint density at radius 3 is 1.89 bits per heavy atom. The normalized spacial score (nSPS) is 13.1. The molecule has 106 valence electrons. The van der Waals surface area contributed by atoms with Crippen molar-refractivity contribution in [1.82, 2.24) is 0 Å². The second-order valence-electron chi connectivity index (χ2n) is 3.80. The first-order chi connectivity index (χ1) is 8.67. The van der Waals surface area contributed by atoms with Gasteiger partial charge in [-0.05, 0) is 33.6 Å². The zero-order valence-corrected chi connectivity index (χ0v) is 12.9. The molecule has 0 saturated carbocycles. The molecule has 0 bridgehead atoms. The Hall–Kier alpha value is -0.523. The molecule has 0 aromatic heterocycles. The lowest BCUT2D eigenvalue weighted by atomic mass is 10.2. The average molecular weight is 275 g/mol. The average Bonchev–Trinajstić information content (AvgIpc) is 2.35. The number of rotatable bonds is 11. The van der Waals surface area contributed by atoms with Crippen molar-refractivity contribution < 1.29 is 18.1 Å². The summed E-state index contributed by atoms with van der Waals surface area (Å²) in [6, 6.07) is 0.669. The first-order valence-corrected chi connectivity index (χ1v) is 8.59. The van der Waals surface area contributed by atoms with Crippen LogP contribution in [0.15, 0.2) is 4.99 Å². The van der Waals surface area contributed by atoms with E-state index < -0.39 is 8.80 Å². The smallest absolute Gasteiger partial charge is 0.374 e. The number of nitrogens with zero attached hydrogens (tertiary/aromatic N) is 1. The summed E-state index contributed by atoms with van der Waals surface area (Å²) in [5, 5.41) is 0. The third-order valence-electron chi connectivity index (χ3n) is 2.58. The molecular weight excluding hydrogens is 250 g/mol. The molecule has 1 unspecified atom stereocenters. The first-order valence-electron chi connectivity index (χ1n) is 6.66. The van der Waals surface area contributed by atoms with E-state index in [0.717, 1.165) is 12.8 Å². The molecule has 0 rings (SSSR count). The Morgan fingerprint density at radius 2 is 1.56 bits per heavy atom. The zero-order chi connectivity index (χ0) is 13.9. The summed E-state index contributed by atoms with van der Waals surface area (Å²) in [6.07, 6.45) is 3.16. The molecule has 0 amide bonds. The van der Waals surface area contributed by atoms with E-state index in [1.807, 2.05) is 27.7 Å². The maximum atomic E-state index is 10.3. The summed E-state index contributed by atoms with van der Waals surface area (Å²) in [5.74, 6) is 0. The highest BCUT2D eigenvalue weighted by molar-refractivity contribution is 6.60. The van der Waals surface area contributed by atoms with Crippen LogP contribution in [0.5, 0.6) is 0 Å². The molecule has 0 aliphatic carbocycles. The van der Waals surface area contributed by atoms with Gasteiger partial charge in [0.1, 0.15) is 0 Å². The monoisotopic (exact) mass is 275 g/mol. The van der Waals surface area contributed by atoms with Crippen LogP contribution < -0.4 is 0 Å². The van der Waals surface area contributed by atoms with E-state index in [2.05, 4.69) is 4.99 Å². The van der Waals surface area contributed by atoms with E-state index in [9.17, 15) is 4.79 Å².